The highest BCUT2D eigenvalue weighted by Crippen LogP contribution is 2.33. The summed E-state index contributed by atoms with van der Waals surface area (Å²) >= 11 is 0. The summed E-state index contributed by atoms with van der Waals surface area (Å²) in [6.07, 6.45) is 4.12. The molecule has 10 nitrogen and oxygen atoms in total. The highest BCUT2D eigenvalue weighted by molar-refractivity contribution is 7.89. The number of anilines is 1. The van der Waals surface area contributed by atoms with Gasteiger partial charge in [-0.25, -0.2) is 23.1 Å². The Kier molecular flexibility index (Phi) is 5.43. The van der Waals surface area contributed by atoms with Gasteiger partial charge in [0, 0.05) is 50.9 Å². The smallest absolute Gasteiger partial charge is 0.243 e. The van der Waals surface area contributed by atoms with Gasteiger partial charge in [0.25, 0.3) is 0 Å². The van der Waals surface area contributed by atoms with Crippen LogP contribution in [0.2, 0.25) is 0 Å². The Labute approximate surface area is 186 Å². The highest BCUT2D eigenvalue weighted by Gasteiger charge is 2.30. The second-order valence-corrected chi connectivity index (χ2v) is 9.62. The first-order valence-corrected chi connectivity index (χ1v) is 11.9. The fraction of sp³-hybridized carbons (Fsp3) is 0.381. The topological polar surface area (TPSA) is 103 Å². The number of rotatable bonds is 4. The number of hydrogen-bond donors (Lipinski definition) is 0. The Morgan fingerprint density at radius 3 is 2.41 bits per heavy atom. The molecule has 32 heavy (non-hydrogen) atoms. The summed E-state index contributed by atoms with van der Waals surface area (Å²) in [5, 5.41) is 4.38. The molecule has 0 radical (unpaired) electrons. The van der Waals surface area contributed by atoms with Gasteiger partial charge in [0.2, 0.25) is 10.0 Å². The number of piperazine rings is 1. The average Bonchev–Trinajstić information content (AvgIpc) is 3.11. The van der Waals surface area contributed by atoms with Crippen LogP contribution in [0.1, 0.15) is 12.1 Å². The molecule has 11 heteroatoms. The lowest BCUT2D eigenvalue weighted by molar-refractivity contribution is 0.296. The number of benzene rings is 1. The van der Waals surface area contributed by atoms with Crippen LogP contribution in [0.3, 0.4) is 0 Å². The van der Waals surface area contributed by atoms with Crippen molar-refractivity contribution in [3.8, 4) is 17.3 Å². The Bertz CT molecular complexity index is 1220. The maximum absolute atomic E-state index is 13.2. The molecule has 1 fully saturated rings. The van der Waals surface area contributed by atoms with E-state index in [1.54, 1.807) is 22.9 Å². The third-order valence-electron chi connectivity index (χ3n) is 5.51. The lowest BCUT2D eigenvalue weighted by Crippen LogP contribution is -2.49. The summed E-state index contributed by atoms with van der Waals surface area (Å²) in [6.45, 7) is 4.76. The van der Waals surface area contributed by atoms with Gasteiger partial charge in [-0.2, -0.15) is 9.40 Å². The second-order valence-electron chi connectivity index (χ2n) is 7.69. The first-order chi connectivity index (χ1) is 15.5. The zero-order valence-corrected chi connectivity index (χ0v) is 18.5. The number of ether oxygens (including phenoxy) is 2. The molecule has 0 spiro atoms. The second kappa shape index (κ2) is 8.40. The molecule has 3 aromatic rings. The van der Waals surface area contributed by atoms with Crippen molar-refractivity contribution in [2.75, 3.05) is 44.3 Å². The Morgan fingerprint density at radius 1 is 0.906 bits per heavy atom. The van der Waals surface area contributed by atoms with Gasteiger partial charge < -0.3 is 14.4 Å². The highest BCUT2D eigenvalue weighted by atomic mass is 32.2. The standard InChI is InChI=1S/C21H24N6O4S/c1-16-5-6-27(24-16)21-14-20(22-15-23-21)25-7-9-26(10-8-25)32(28,29)17-3-4-18-19(13-17)31-12-2-11-30-18/h3-6,13-15H,2,7-12H2,1H3. The van der Waals surface area contributed by atoms with Crippen LogP contribution in [-0.4, -0.2) is 71.9 Å². The van der Waals surface area contributed by atoms with E-state index in [0.29, 0.717) is 56.7 Å². The van der Waals surface area contributed by atoms with Crippen molar-refractivity contribution < 1.29 is 17.9 Å². The summed E-state index contributed by atoms with van der Waals surface area (Å²) in [5.41, 5.74) is 0.902. The van der Waals surface area contributed by atoms with Crippen molar-refractivity contribution in [2.45, 2.75) is 18.2 Å². The predicted molar refractivity (Wildman–Crippen MR) is 117 cm³/mol. The van der Waals surface area contributed by atoms with E-state index in [1.165, 1.54) is 10.6 Å². The number of aryl methyl sites for hydroxylation is 1. The molecule has 2 aliphatic heterocycles. The minimum atomic E-state index is -3.64. The van der Waals surface area contributed by atoms with Crippen LogP contribution in [0.5, 0.6) is 11.5 Å². The molecule has 2 aliphatic rings. The van der Waals surface area contributed by atoms with Gasteiger partial charge in [-0.1, -0.05) is 0 Å². The molecule has 0 atom stereocenters. The summed E-state index contributed by atoms with van der Waals surface area (Å²) < 4.78 is 40.9. The summed E-state index contributed by atoms with van der Waals surface area (Å²) in [7, 11) is -3.64. The van der Waals surface area contributed by atoms with Crippen LogP contribution in [0.4, 0.5) is 5.82 Å². The molecule has 0 N–H and O–H groups in total. The quantitative estimate of drug-likeness (QED) is 0.584. The van der Waals surface area contributed by atoms with E-state index < -0.39 is 10.0 Å². The van der Waals surface area contributed by atoms with Gasteiger partial charge in [0.15, 0.2) is 17.3 Å². The maximum Gasteiger partial charge on any atom is 0.243 e. The van der Waals surface area contributed by atoms with E-state index in [1.807, 2.05) is 25.3 Å². The number of sulfonamides is 1. The summed E-state index contributed by atoms with van der Waals surface area (Å²) in [5.74, 6) is 2.48. The third kappa shape index (κ3) is 4.00. The molecule has 168 valence electrons. The van der Waals surface area contributed by atoms with Crippen molar-refractivity contribution in [3.63, 3.8) is 0 Å². The lowest BCUT2D eigenvalue weighted by Gasteiger charge is -2.34. The van der Waals surface area contributed by atoms with Crippen LogP contribution in [0, 0.1) is 6.92 Å². The summed E-state index contributed by atoms with van der Waals surface area (Å²) in [6, 6.07) is 8.58. The van der Waals surface area contributed by atoms with Crippen LogP contribution >= 0.6 is 0 Å². The first-order valence-electron chi connectivity index (χ1n) is 10.5. The Hall–Kier alpha value is -3.18. The van der Waals surface area contributed by atoms with Gasteiger partial charge in [-0.05, 0) is 25.1 Å². The zero-order chi connectivity index (χ0) is 22.1. The van der Waals surface area contributed by atoms with E-state index in [0.717, 1.165) is 17.9 Å². The largest absolute Gasteiger partial charge is 0.490 e. The van der Waals surface area contributed by atoms with Crippen LogP contribution in [-0.2, 0) is 10.0 Å². The maximum atomic E-state index is 13.2. The van der Waals surface area contributed by atoms with E-state index in [-0.39, 0.29) is 4.90 Å². The van der Waals surface area contributed by atoms with Gasteiger partial charge in [0.1, 0.15) is 12.1 Å². The molecule has 1 aromatic carbocycles. The van der Waals surface area contributed by atoms with Gasteiger partial charge in [0.05, 0.1) is 23.8 Å². The van der Waals surface area contributed by atoms with E-state index in [4.69, 9.17) is 9.47 Å². The Morgan fingerprint density at radius 2 is 1.66 bits per heavy atom. The fourth-order valence-electron chi connectivity index (χ4n) is 3.79. The van der Waals surface area contributed by atoms with Gasteiger partial charge in [-0.15, -0.1) is 0 Å². The van der Waals surface area contributed by atoms with Gasteiger partial charge >= 0.3 is 0 Å². The average molecular weight is 457 g/mol. The van der Waals surface area contributed by atoms with E-state index >= 15 is 0 Å². The van der Waals surface area contributed by atoms with Gasteiger partial charge in [-0.3, -0.25) is 0 Å². The van der Waals surface area contributed by atoms with Crippen molar-refractivity contribution in [2.24, 2.45) is 0 Å². The number of nitrogens with zero attached hydrogens (tertiary/aromatic N) is 6. The molecule has 4 heterocycles. The van der Waals surface area contributed by atoms with Crippen molar-refractivity contribution >= 4 is 15.8 Å². The third-order valence-corrected chi connectivity index (χ3v) is 7.41. The fourth-order valence-corrected chi connectivity index (χ4v) is 5.23. The zero-order valence-electron chi connectivity index (χ0n) is 17.7. The SMILES string of the molecule is Cc1ccn(-c2cc(N3CCN(S(=O)(=O)c4ccc5c(c4)OCCCO5)CC3)ncn2)n1. The molecule has 0 unspecified atom stereocenters. The van der Waals surface area contributed by atoms with Crippen molar-refractivity contribution in [1.82, 2.24) is 24.1 Å². The first kappa shape index (κ1) is 20.7. The van der Waals surface area contributed by atoms with Crippen molar-refractivity contribution in [1.29, 1.82) is 0 Å². The van der Waals surface area contributed by atoms with E-state index in [9.17, 15) is 8.42 Å². The molecular formula is C21H24N6O4S. The predicted octanol–water partition coefficient (Wildman–Crippen LogP) is 1.64. The number of aromatic nitrogens is 4. The summed E-state index contributed by atoms with van der Waals surface area (Å²) in [4.78, 5) is 10.9. The molecule has 0 amide bonds. The number of fused-ring (bicyclic) bond motifs is 1. The van der Waals surface area contributed by atoms with Crippen LogP contribution < -0.4 is 14.4 Å². The molecular weight excluding hydrogens is 432 g/mol. The minimum absolute atomic E-state index is 0.216. The van der Waals surface area contributed by atoms with Crippen LogP contribution in [0.15, 0.2) is 47.8 Å². The Balaban J connectivity index is 1.30. The van der Waals surface area contributed by atoms with Crippen LogP contribution in [0.25, 0.3) is 5.82 Å². The monoisotopic (exact) mass is 456 g/mol. The number of hydrogen-bond acceptors (Lipinski definition) is 8. The molecule has 5 rings (SSSR count). The molecule has 0 aliphatic carbocycles. The normalized spacial score (nSPS) is 17.2. The molecule has 0 saturated carbocycles. The molecule has 2 aromatic heterocycles. The van der Waals surface area contributed by atoms with E-state index in [2.05, 4.69) is 20.0 Å². The lowest BCUT2D eigenvalue weighted by atomic mass is 10.3. The minimum Gasteiger partial charge on any atom is -0.490 e. The van der Waals surface area contributed by atoms with Crippen molar-refractivity contribution in [3.05, 3.63) is 48.5 Å². The molecule has 0 bridgehead atoms. The molecule has 1 saturated heterocycles.